The molecule has 1 heteroatoms. The maximum absolute atomic E-state index is 9.48. The molecular formula is C24H40O. The Balaban J connectivity index is 3.27. The highest BCUT2D eigenvalue weighted by atomic mass is 16.3. The minimum atomic E-state index is -0.0690. The topological polar surface area (TPSA) is 20.2 Å². The summed E-state index contributed by atoms with van der Waals surface area (Å²) in [7, 11) is 0. The lowest BCUT2D eigenvalue weighted by Crippen LogP contribution is -2.03. The highest BCUT2D eigenvalue weighted by Crippen LogP contribution is 2.12. The van der Waals surface area contributed by atoms with E-state index < -0.39 is 0 Å². The molecule has 0 heterocycles. The zero-order valence-corrected chi connectivity index (χ0v) is 16.4. The first-order valence-electron chi connectivity index (χ1n) is 10.3. The van der Waals surface area contributed by atoms with Crippen molar-refractivity contribution in [3.63, 3.8) is 0 Å². The zero-order valence-electron chi connectivity index (χ0n) is 16.4. The molecule has 1 atom stereocenters. The van der Waals surface area contributed by atoms with E-state index in [1.54, 1.807) is 6.08 Å². The van der Waals surface area contributed by atoms with Gasteiger partial charge in [-0.25, -0.2) is 0 Å². The summed E-state index contributed by atoms with van der Waals surface area (Å²) in [4.78, 5) is 0. The summed E-state index contributed by atoms with van der Waals surface area (Å²) < 4.78 is 0. The van der Waals surface area contributed by atoms with Gasteiger partial charge in [-0.15, -0.1) is 0 Å². The number of aliphatic hydroxyl groups is 1. The highest BCUT2D eigenvalue weighted by Gasteiger charge is 1.99. The number of unbranched alkanes of at least 4 members (excludes halogenated alkanes) is 9. The number of aliphatic hydroxyl groups excluding tert-OH is 1. The van der Waals surface area contributed by atoms with Gasteiger partial charge in [-0.3, -0.25) is 0 Å². The maximum Gasteiger partial charge on any atom is 0.0537 e. The van der Waals surface area contributed by atoms with Gasteiger partial charge in [-0.2, -0.15) is 0 Å². The van der Waals surface area contributed by atoms with Gasteiger partial charge in [0.2, 0.25) is 0 Å². The van der Waals surface area contributed by atoms with Crippen molar-refractivity contribution in [2.75, 3.05) is 0 Å². The average molecular weight is 345 g/mol. The Kier molecular flexibility index (Phi) is 19.6. The van der Waals surface area contributed by atoms with Crippen molar-refractivity contribution >= 4 is 0 Å². The van der Waals surface area contributed by atoms with Crippen LogP contribution in [-0.2, 0) is 0 Å². The molecule has 0 aromatic carbocycles. The molecule has 0 amide bonds. The molecule has 0 aromatic heterocycles. The second-order valence-electron chi connectivity index (χ2n) is 6.64. The molecule has 0 radical (unpaired) electrons. The molecule has 0 saturated heterocycles. The predicted molar refractivity (Wildman–Crippen MR) is 114 cm³/mol. The van der Waals surface area contributed by atoms with Gasteiger partial charge in [0.15, 0.2) is 0 Å². The van der Waals surface area contributed by atoms with Crippen molar-refractivity contribution in [2.24, 2.45) is 0 Å². The molecule has 25 heavy (non-hydrogen) atoms. The Hall–Kier alpha value is -1.34. The van der Waals surface area contributed by atoms with Gasteiger partial charge in [-0.05, 0) is 25.7 Å². The second kappa shape index (κ2) is 20.7. The Labute approximate surface area is 156 Å². The van der Waals surface area contributed by atoms with Gasteiger partial charge in [0.25, 0.3) is 0 Å². The maximum atomic E-state index is 9.48. The van der Waals surface area contributed by atoms with E-state index in [0.717, 1.165) is 12.8 Å². The fourth-order valence-corrected chi connectivity index (χ4v) is 2.66. The molecule has 1 nitrogen and oxygen atoms in total. The van der Waals surface area contributed by atoms with Gasteiger partial charge < -0.3 is 5.11 Å². The Bertz CT molecular complexity index is 387. The van der Waals surface area contributed by atoms with E-state index in [4.69, 9.17) is 0 Å². The van der Waals surface area contributed by atoms with E-state index in [2.05, 4.69) is 31.7 Å². The highest BCUT2D eigenvalue weighted by molar-refractivity contribution is 5.17. The molecule has 0 aliphatic rings. The molecule has 0 spiro atoms. The van der Waals surface area contributed by atoms with E-state index in [-0.39, 0.29) is 6.10 Å². The predicted octanol–water partition coefficient (Wildman–Crippen LogP) is 7.46. The van der Waals surface area contributed by atoms with Crippen LogP contribution in [0.2, 0.25) is 0 Å². The molecule has 0 aromatic rings. The van der Waals surface area contributed by atoms with Crippen molar-refractivity contribution in [3.05, 3.63) is 61.3 Å². The summed E-state index contributed by atoms with van der Waals surface area (Å²) in [5, 5.41) is 9.48. The second-order valence-corrected chi connectivity index (χ2v) is 6.64. The molecule has 142 valence electrons. The third-order valence-electron chi connectivity index (χ3n) is 4.32. The monoisotopic (exact) mass is 344 g/mol. The van der Waals surface area contributed by atoms with Crippen molar-refractivity contribution in [1.29, 1.82) is 0 Å². The molecule has 0 aliphatic carbocycles. The molecule has 0 aliphatic heterocycles. The zero-order chi connectivity index (χ0) is 18.4. The third-order valence-corrected chi connectivity index (χ3v) is 4.32. The standard InChI is InChI=1S/C24H40O/c1-3-5-6-7-8-9-10-11-12-13-14-15-16-17-18-19-20-21-22-23-24(25)4-2/h3,5-12,24-25H,1,4,13-23H2,2H3/b6-5+,8-7+,10-9+,12-11+. The van der Waals surface area contributed by atoms with Gasteiger partial charge >= 0.3 is 0 Å². The Morgan fingerprint density at radius 1 is 0.680 bits per heavy atom. The normalized spacial score (nSPS) is 13.7. The Morgan fingerprint density at radius 3 is 1.72 bits per heavy atom. The van der Waals surface area contributed by atoms with Crippen LogP contribution in [0.25, 0.3) is 0 Å². The number of allylic oxidation sites excluding steroid dienone is 9. The van der Waals surface area contributed by atoms with Crippen LogP contribution >= 0.6 is 0 Å². The number of hydrogen-bond donors (Lipinski definition) is 1. The van der Waals surface area contributed by atoms with Gasteiger partial charge in [0, 0.05) is 0 Å². The van der Waals surface area contributed by atoms with Crippen LogP contribution < -0.4 is 0 Å². The quantitative estimate of drug-likeness (QED) is 0.214. The smallest absolute Gasteiger partial charge is 0.0537 e. The van der Waals surface area contributed by atoms with E-state index in [1.165, 1.54) is 64.2 Å². The summed E-state index contributed by atoms with van der Waals surface area (Å²) in [5.74, 6) is 0. The Morgan fingerprint density at radius 2 is 1.16 bits per heavy atom. The van der Waals surface area contributed by atoms with Crippen LogP contribution in [0.3, 0.4) is 0 Å². The van der Waals surface area contributed by atoms with Gasteiger partial charge in [-0.1, -0.05) is 120 Å². The minimum absolute atomic E-state index is 0.0690. The number of rotatable bonds is 17. The lowest BCUT2D eigenvalue weighted by Gasteiger charge is -2.06. The largest absolute Gasteiger partial charge is 0.393 e. The molecule has 0 rings (SSSR count). The van der Waals surface area contributed by atoms with Crippen molar-refractivity contribution in [1.82, 2.24) is 0 Å². The minimum Gasteiger partial charge on any atom is -0.393 e. The summed E-state index contributed by atoms with van der Waals surface area (Å²) >= 11 is 0. The summed E-state index contributed by atoms with van der Waals surface area (Å²) in [6.07, 6.45) is 33.2. The first-order chi connectivity index (χ1) is 12.3. The van der Waals surface area contributed by atoms with Crippen LogP contribution in [0.15, 0.2) is 61.3 Å². The lowest BCUT2D eigenvalue weighted by molar-refractivity contribution is 0.156. The van der Waals surface area contributed by atoms with E-state index in [9.17, 15) is 5.11 Å². The summed E-state index contributed by atoms with van der Waals surface area (Å²) in [5.41, 5.74) is 0. The molecular weight excluding hydrogens is 304 g/mol. The molecule has 1 unspecified atom stereocenters. The first kappa shape index (κ1) is 23.7. The molecule has 1 N–H and O–H groups in total. The molecule has 0 fully saturated rings. The van der Waals surface area contributed by atoms with E-state index >= 15 is 0 Å². The fraction of sp³-hybridized carbons (Fsp3) is 0.583. The average Bonchev–Trinajstić information content (AvgIpc) is 2.63. The van der Waals surface area contributed by atoms with Crippen LogP contribution in [0.5, 0.6) is 0 Å². The lowest BCUT2D eigenvalue weighted by atomic mass is 10.0. The van der Waals surface area contributed by atoms with Gasteiger partial charge in [0.1, 0.15) is 0 Å². The SMILES string of the molecule is C=C/C=C/C=C/C=C/C=C/CCCCCCCCCCCC(O)CC. The van der Waals surface area contributed by atoms with E-state index in [1.807, 2.05) is 30.4 Å². The van der Waals surface area contributed by atoms with Crippen LogP contribution in [0, 0.1) is 0 Å². The molecule has 0 saturated carbocycles. The van der Waals surface area contributed by atoms with Crippen molar-refractivity contribution < 1.29 is 5.11 Å². The van der Waals surface area contributed by atoms with Crippen LogP contribution in [-0.4, -0.2) is 11.2 Å². The summed E-state index contributed by atoms with van der Waals surface area (Å²) in [6, 6.07) is 0. The third kappa shape index (κ3) is 20.6. The van der Waals surface area contributed by atoms with E-state index in [0.29, 0.717) is 0 Å². The fourth-order valence-electron chi connectivity index (χ4n) is 2.66. The molecule has 0 bridgehead atoms. The van der Waals surface area contributed by atoms with Crippen molar-refractivity contribution in [3.8, 4) is 0 Å². The van der Waals surface area contributed by atoms with Crippen LogP contribution in [0.1, 0.15) is 84.0 Å². The summed E-state index contributed by atoms with van der Waals surface area (Å²) in [6.45, 7) is 5.68. The van der Waals surface area contributed by atoms with Crippen LogP contribution in [0.4, 0.5) is 0 Å². The van der Waals surface area contributed by atoms with Gasteiger partial charge in [0.05, 0.1) is 6.10 Å². The number of hydrogen-bond acceptors (Lipinski definition) is 1. The van der Waals surface area contributed by atoms with Crippen molar-refractivity contribution in [2.45, 2.75) is 90.1 Å². The first-order valence-corrected chi connectivity index (χ1v) is 10.3.